The molecule has 0 unspecified atom stereocenters. The Kier molecular flexibility index (Phi) is 2.51. The Morgan fingerprint density at radius 3 is 2.46 bits per heavy atom. The van der Waals surface area contributed by atoms with Crippen molar-refractivity contribution < 1.29 is 9.53 Å². The first kappa shape index (κ1) is 10.3. The van der Waals surface area contributed by atoms with Crippen LogP contribution in [0.4, 0.5) is 0 Å². The number of hydrogen-bond acceptors (Lipinski definition) is 2. The van der Waals surface area contributed by atoms with E-state index < -0.39 is 0 Å². The molecule has 13 heavy (non-hydrogen) atoms. The van der Waals surface area contributed by atoms with E-state index in [-0.39, 0.29) is 16.9 Å². The minimum Gasteiger partial charge on any atom is -0.464 e. The van der Waals surface area contributed by atoms with Crippen molar-refractivity contribution >= 4 is 6.47 Å². The highest BCUT2D eigenvalue weighted by Gasteiger charge is 2.37. The van der Waals surface area contributed by atoms with Gasteiger partial charge in [-0.1, -0.05) is 39.8 Å². The largest absolute Gasteiger partial charge is 0.464 e. The number of carbonyl (C=O) groups excluding carboxylic acids is 1. The maximum absolute atomic E-state index is 10.3. The van der Waals surface area contributed by atoms with Crippen molar-refractivity contribution in [1.82, 2.24) is 0 Å². The van der Waals surface area contributed by atoms with Crippen LogP contribution in [0.5, 0.6) is 0 Å². The highest BCUT2D eigenvalue weighted by molar-refractivity contribution is 5.38. The molecule has 0 saturated carbocycles. The van der Waals surface area contributed by atoms with E-state index in [0.717, 1.165) is 6.42 Å². The zero-order valence-electron chi connectivity index (χ0n) is 8.83. The van der Waals surface area contributed by atoms with Gasteiger partial charge in [0.2, 0.25) is 0 Å². The normalized spacial score (nSPS) is 29.7. The van der Waals surface area contributed by atoms with Gasteiger partial charge in [0.1, 0.15) is 6.10 Å². The first-order valence-electron chi connectivity index (χ1n) is 4.67. The number of carbonyl (C=O) groups is 1. The molecule has 2 nitrogen and oxygen atoms in total. The van der Waals surface area contributed by atoms with Gasteiger partial charge in [-0.2, -0.15) is 0 Å². The van der Waals surface area contributed by atoms with Crippen molar-refractivity contribution in [2.45, 2.75) is 40.2 Å². The SMILES string of the molecule is CC1(C)C=CC(C)(C)[C@@H](OC=O)C1. The molecule has 0 aromatic rings. The van der Waals surface area contributed by atoms with Crippen LogP contribution in [0.25, 0.3) is 0 Å². The summed E-state index contributed by atoms with van der Waals surface area (Å²) in [5, 5.41) is 0. The molecular weight excluding hydrogens is 164 g/mol. The Hall–Kier alpha value is -0.790. The molecule has 0 saturated heterocycles. The summed E-state index contributed by atoms with van der Waals surface area (Å²) in [6.45, 7) is 9.04. The molecule has 0 aliphatic heterocycles. The fourth-order valence-corrected chi connectivity index (χ4v) is 1.65. The third-order valence-corrected chi connectivity index (χ3v) is 2.73. The number of rotatable bonds is 2. The molecule has 0 radical (unpaired) electrons. The zero-order valence-corrected chi connectivity index (χ0v) is 8.83. The van der Waals surface area contributed by atoms with Gasteiger partial charge in [0, 0.05) is 5.41 Å². The summed E-state index contributed by atoms with van der Waals surface area (Å²) in [4.78, 5) is 10.3. The van der Waals surface area contributed by atoms with Gasteiger partial charge in [0.15, 0.2) is 0 Å². The predicted octanol–water partition coefficient (Wildman–Crippen LogP) is 2.54. The average Bonchev–Trinajstić information content (AvgIpc) is 1.99. The van der Waals surface area contributed by atoms with Crippen LogP contribution in [-0.2, 0) is 9.53 Å². The predicted molar refractivity (Wildman–Crippen MR) is 52.3 cm³/mol. The number of ether oxygens (including phenoxy) is 1. The molecule has 0 N–H and O–H groups in total. The topological polar surface area (TPSA) is 26.3 Å². The summed E-state index contributed by atoms with van der Waals surface area (Å²) in [7, 11) is 0. The number of allylic oxidation sites excluding steroid dienone is 1. The van der Waals surface area contributed by atoms with Crippen LogP contribution in [0, 0.1) is 10.8 Å². The van der Waals surface area contributed by atoms with Crippen molar-refractivity contribution in [2.24, 2.45) is 10.8 Å². The second kappa shape index (κ2) is 3.17. The van der Waals surface area contributed by atoms with Crippen molar-refractivity contribution in [3.8, 4) is 0 Å². The zero-order chi connectivity index (χ0) is 10.1. The first-order chi connectivity index (χ1) is 5.87. The molecule has 1 aliphatic rings. The average molecular weight is 182 g/mol. The standard InChI is InChI=1S/C11H18O2/c1-10(2)5-6-11(3,4)9(7-10)13-8-12/h5-6,8-9H,7H2,1-4H3/t9-/m0/s1. The van der Waals surface area contributed by atoms with Crippen LogP contribution in [-0.4, -0.2) is 12.6 Å². The molecule has 0 amide bonds. The summed E-state index contributed by atoms with van der Waals surface area (Å²) in [6, 6.07) is 0. The van der Waals surface area contributed by atoms with E-state index >= 15 is 0 Å². The second-order valence-corrected chi connectivity index (χ2v) is 5.07. The Balaban J connectivity index is 2.83. The molecule has 0 spiro atoms. The quantitative estimate of drug-likeness (QED) is 0.484. The van der Waals surface area contributed by atoms with Crippen LogP contribution in [0.2, 0.25) is 0 Å². The molecule has 0 fully saturated rings. The molecule has 1 atom stereocenters. The minimum atomic E-state index is -0.0313. The molecular formula is C11H18O2. The van der Waals surface area contributed by atoms with Gasteiger partial charge in [0.05, 0.1) is 0 Å². The smallest absolute Gasteiger partial charge is 0.293 e. The van der Waals surface area contributed by atoms with Crippen LogP contribution in [0.15, 0.2) is 12.2 Å². The summed E-state index contributed by atoms with van der Waals surface area (Å²) in [5.74, 6) is 0. The number of hydrogen-bond donors (Lipinski definition) is 0. The van der Waals surface area contributed by atoms with Gasteiger partial charge in [-0.3, -0.25) is 4.79 Å². The lowest BCUT2D eigenvalue weighted by Gasteiger charge is -2.39. The van der Waals surface area contributed by atoms with Gasteiger partial charge in [-0.15, -0.1) is 0 Å². The molecule has 0 aromatic heterocycles. The van der Waals surface area contributed by atoms with E-state index in [4.69, 9.17) is 4.74 Å². The first-order valence-corrected chi connectivity index (χ1v) is 4.67. The van der Waals surface area contributed by atoms with Gasteiger partial charge in [0.25, 0.3) is 6.47 Å². The molecule has 74 valence electrons. The van der Waals surface area contributed by atoms with E-state index in [1.165, 1.54) is 0 Å². The van der Waals surface area contributed by atoms with Crippen molar-refractivity contribution in [1.29, 1.82) is 0 Å². The van der Waals surface area contributed by atoms with Crippen LogP contribution < -0.4 is 0 Å². The van der Waals surface area contributed by atoms with Crippen molar-refractivity contribution in [3.63, 3.8) is 0 Å². The van der Waals surface area contributed by atoms with E-state index in [1.54, 1.807) is 0 Å². The van der Waals surface area contributed by atoms with Crippen molar-refractivity contribution in [3.05, 3.63) is 12.2 Å². The van der Waals surface area contributed by atoms with Crippen LogP contribution in [0.1, 0.15) is 34.1 Å². The van der Waals surface area contributed by atoms with E-state index in [9.17, 15) is 4.79 Å². The lowest BCUT2D eigenvalue weighted by Crippen LogP contribution is -2.37. The minimum absolute atomic E-state index is 0.00463. The Labute approximate surface area is 80.0 Å². The van der Waals surface area contributed by atoms with E-state index in [0.29, 0.717) is 6.47 Å². The molecule has 0 bridgehead atoms. The molecule has 0 heterocycles. The van der Waals surface area contributed by atoms with Crippen molar-refractivity contribution in [2.75, 3.05) is 0 Å². The van der Waals surface area contributed by atoms with E-state index in [2.05, 4.69) is 39.8 Å². The highest BCUT2D eigenvalue weighted by Crippen LogP contribution is 2.40. The van der Waals surface area contributed by atoms with Gasteiger partial charge in [-0.25, -0.2) is 0 Å². The second-order valence-electron chi connectivity index (χ2n) is 5.07. The maximum atomic E-state index is 10.3. The lowest BCUT2D eigenvalue weighted by molar-refractivity contribution is -0.140. The summed E-state index contributed by atoms with van der Waals surface area (Å²) in [6.07, 6.45) is 5.25. The van der Waals surface area contributed by atoms with Crippen LogP contribution >= 0.6 is 0 Å². The Morgan fingerprint density at radius 1 is 1.31 bits per heavy atom. The van der Waals surface area contributed by atoms with Gasteiger partial charge < -0.3 is 4.74 Å². The van der Waals surface area contributed by atoms with Gasteiger partial charge >= 0.3 is 0 Å². The fourth-order valence-electron chi connectivity index (χ4n) is 1.65. The molecule has 1 aliphatic carbocycles. The van der Waals surface area contributed by atoms with Crippen LogP contribution in [0.3, 0.4) is 0 Å². The Bertz CT molecular complexity index is 226. The fraction of sp³-hybridized carbons (Fsp3) is 0.727. The Morgan fingerprint density at radius 2 is 1.92 bits per heavy atom. The monoisotopic (exact) mass is 182 g/mol. The third-order valence-electron chi connectivity index (χ3n) is 2.73. The summed E-state index contributed by atoms with van der Waals surface area (Å²) >= 11 is 0. The summed E-state index contributed by atoms with van der Waals surface area (Å²) in [5.41, 5.74) is 0.111. The van der Waals surface area contributed by atoms with E-state index in [1.807, 2.05) is 0 Å². The lowest BCUT2D eigenvalue weighted by atomic mass is 9.70. The third kappa shape index (κ3) is 2.33. The molecule has 0 aromatic carbocycles. The molecule has 1 rings (SSSR count). The maximum Gasteiger partial charge on any atom is 0.293 e. The van der Waals surface area contributed by atoms with Gasteiger partial charge in [-0.05, 0) is 11.8 Å². The summed E-state index contributed by atoms with van der Waals surface area (Å²) < 4.78 is 5.10. The highest BCUT2D eigenvalue weighted by atomic mass is 16.5. The molecule has 2 heteroatoms.